The van der Waals surface area contributed by atoms with Crippen LogP contribution in [0.4, 0.5) is 5.69 Å². The second-order valence-electron chi connectivity index (χ2n) is 5.22. The minimum atomic E-state index is -0.756. The molecule has 106 valence electrons. The molecule has 1 N–H and O–H groups in total. The summed E-state index contributed by atoms with van der Waals surface area (Å²) >= 11 is 0. The molecule has 0 fully saturated rings. The molecule has 0 aromatic heterocycles. The lowest BCUT2D eigenvalue weighted by atomic mass is 10.0. The van der Waals surface area contributed by atoms with E-state index in [1.165, 1.54) is 0 Å². The Kier molecular flexibility index (Phi) is 5.21. The second-order valence-corrected chi connectivity index (χ2v) is 5.22. The van der Waals surface area contributed by atoms with E-state index in [0.29, 0.717) is 6.54 Å². The first-order chi connectivity index (χ1) is 8.85. The molecule has 4 heteroatoms. The van der Waals surface area contributed by atoms with E-state index < -0.39 is 5.97 Å². The van der Waals surface area contributed by atoms with Crippen LogP contribution in [0.5, 0.6) is 5.75 Å². The van der Waals surface area contributed by atoms with Gasteiger partial charge in [0.2, 0.25) is 0 Å². The number of carboxylic acid groups (broad SMARTS) is 1. The number of anilines is 1. The molecule has 0 amide bonds. The highest BCUT2D eigenvalue weighted by atomic mass is 16.5. The van der Waals surface area contributed by atoms with E-state index in [0.717, 1.165) is 22.6 Å². The Labute approximate surface area is 115 Å². The highest BCUT2D eigenvalue weighted by molar-refractivity contribution is 5.67. The van der Waals surface area contributed by atoms with Crippen molar-refractivity contribution in [2.24, 2.45) is 5.92 Å². The van der Waals surface area contributed by atoms with Crippen molar-refractivity contribution >= 4 is 11.7 Å². The van der Waals surface area contributed by atoms with E-state index in [1.807, 2.05) is 33.9 Å². The number of carboxylic acids is 1. The smallest absolute Gasteiger partial charge is 0.303 e. The highest BCUT2D eigenvalue weighted by Crippen LogP contribution is 2.33. The Bertz CT molecular complexity index is 457. The number of methoxy groups -OCH3 is 1. The fourth-order valence-corrected chi connectivity index (χ4v) is 2.49. The summed E-state index contributed by atoms with van der Waals surface area (Å²) in [5, 5.41) is 8.82. The Hall–Kier alpha value is -1.71. The first kappa shape index (κ1) is 15.3. The molecule has 0 aliphatic heterocycles. The van der Waals surface area contributed by atoms with E-state index in [-0.39, 0.29) is 12.3 Å². The van der Waals surface area contributed by atoms with E-state index >= 15 is 0 Å². The molecule has 1 atom stereocenters. The molecule has 4 nitrogen and oxygen atoms in total. The lowest BCUT2D eigenvalue weighted by Crippen LogP contribution is -2.26. The molecule has 1 aromatic rings. The van der Waals surface area contributed by atoms with Crippen molar-refractivity contribution in [1.82, 2.24) is 0 Å². The van der Waals surface area contributed by atoms with Gasteiger partial charge in [-0.25, -0.2) is 0 Å². The standard InChI is InChI=1S/C15H23NO3/c1-10-6-12(3)15(13(7-10)19-5)16(4)9-11(2)8-14(17)18/h6-7,11H,8-9H2,1-5H3,(H,17,18). The Balaban J connectivity index is 2.92. The highest BCUT2D eigenvalue weighted by Gasteiger charge is 2.16. The van der Waals surface area contributed by atoms with Gasteiger partial charge >= 0.3 is 5.97 Å². The van der Waals surface area contributed by atoms with Crippen molar-refractivity contribution in [3.05, 3.63) is 23.3 Å². The molecule has 0 aliphatic rings. The third-order valence-corrected chi connectivity index (χ3v) is 3.12. The van der Waals surface area contributed by atoms with Gasteiger partial charge in [-0.15, -0.1) is 0 Å². The van der Waals surface area contributed by atoms with Gasteiger partial charge in [-0.05, 0) is 37.0 Å². The molecule has 1 rings (SSSR count). The van der Waals surface area contributed by atoms with Gasteiger partial charge < -0.3 is 14.7 Å². The second kappa shape index (κ2) is 6.45. The van der Waals surface area contributed by atoms with Crippen molar-refractivity contribution in [2.75, 3.05) is 25.6 Å². The molecule has 0 aliphatic carbocycles. The molecule has 0 spiro atoms. The average molecular weight is 265 g/mol. The van der Waals surface area contributed by atoms with Gasteiger partial charge in [0.15, 0.2) is 0 Å². The first-order valence-corrected chi connectivity index (χ1v) is 6.43. The van der Waals surface area contributed by atoms with Crippen LogP contribution in [0.25, 0.3) is 0 Å². The monoisotopic (exact) mass is 265 g/mol. The van der Waals surface area contributed by atoms with E-state index in [4.69, 9.17) is 9.84 Å². The van der Waals surface area contributed by atoms with Crippen LogP contribution in [0.2, 0.25) is 0 Å². The third-order valence-electron chi connectivity index (χ3n) is 3.12. The summed E-state index contributed by atoms with van der Waals surface area (Å²) in [7, 11) is 3.63. The Morgan fingerprint density at radius 2 is 2.05 bits per heavy atom. The summed E-state index contributed by atoms with van der Waals surface area (Å²) in [6.07, 6.45) is 0.178. The minimum Gasteiger partial charge on any atom is -0.495 e. The first-order valence-electron chi connectivity index (χ1n) is 6.43. The predicted octanol–water partition coefficient (Wildman–Crippen LogP) is 2.86. The molecule has 1 unspecified atom stereocenters. The number of ether oxygens (including phenoxy) is 1. The molecule has 0 saturated carbocycles. The molecular formula is C15H23NO3. The third kappa shape index (κ3) is 4.16. The number of nitrogens with zero attached hydrogens (tertiary/aromatic N) is 1. The van der Waals surface area contributed by atoms with Crippen LogP contribution in [0.3, 0.4) is 0 Å². The Morgan fingerprint density at radius 3 is 2.58 bits per heavy atom. The van der Waals surface area contributed by atoms with E-state index in [1.54, 1.807) is 7.11 Å². The van der Waals surface area contributed by atoms with Gasteiger partial charge in [0.05, 0.1) is 12.8 Å². The topological polar surface area (TPSA) is 49.8 Å². The van der Waals surface area contributed by atoms with Crippen molar-refractivity contribution < 1.29 is 14.6 Å². The Morgan fingerprint density at radius 1 is 1.42 bits per heavy atom. The van der Waals surface area contributed by atoms with Crippen LogP contribution >= 0.6 is 0 Å². The van der Waals surface area contributed by atoms with Crippen molar-refractivity contribution in [3.63, 3.8) is 0 Å². The zero-order valence-corrected chi connectivity index (χ0v) is 12.4. The number of hydrogen-bond donors (Lipinski definition) is 1. The van der Waals surface area contributed by atoms with E-state index in [2.05, 4.69) is 11.0 Å². The SMILES string of the molecule is COc1cc(C)cc(C)c1N(C)CC(C)CC(=O)O. The molecule has 1 aromatic carbocycles. The largest absolute Gasteiger partial charge is 0.495 e. The molecule has 0 bridgehead atoms. The lowest BCUT2D eigenvalue weighted by Gasteiger charge is -2.26. The fourth-order valence-electron chi connectivity index (χ4n) is 2.49. The lowest BCUT2D eigenvalue weighted by molar-refractivity contribution is -0.137. The van der Waals surface area contributed by atoms with Gasteiger partial charge in [0, 0.05) is 20.0 Å². The number of benzene rings is 1. The average Bonchev–Trinajstić information content (AvgIpc) is 2.25. The van der Waals surface area contributed by atoms with Gasteiger partial charge in [-0.3, -0.25) is 4.79 Å². The quantitative estimate of drug-likeness (QED) is 0.859. The van der Waals surface area contributed by atoms with Crippen LogP contribution in [0.15, 0.2) is 12.1 Å². The maximum absolute atomic E-state index is 10.7. The summed E-state index contributed by atoms with van der Waals surface area (Å²) in [5.74, 6) is 0.170. The maximum atomic E-state index is 10.7. The van der Waals surface area contributed by atoms with Gasteiger partial charge in [-0.2, -0.15) is 0 Å². The minimum absolute atomic E-state index is 0.0907. The van der Waals surface area contributed by atoms with Crippen molar-refractivity contribution in [1.29, 1.82) is 0 Å². The zero-order chi connectivity index (χ0) is 14.6. The fraction of sp³-hybridized carbons (Fsp3) is 0.533. The zero-order valence-electron chi connectivity index (χ0n) is 12.4. The van der Waals surface area contributed by atoms with Crippen molar-refractivity contribution in [2.45, 2.75) is 27.2 Å². The number of aryl methyl sites for hydroxylation is 2. The van der Waals surface area contributed by atoms with E-state index in [9.17, 15) is 4.79 Å². The van der Waals surface area contributed by atoms with Crippen LogP contribution < -0.4 is 9.64 Å². The van der Waals surface area contributed by atoms with Crippen LogP contribution in [-0.2, 0) is 4.79 Å². The predicted molar refractivity (Wildman–Crippen MR) is 77.2 cm³/mol. The summed E-state index contributed by atoms with van der Waals surface area (Å²) in [5.41, 5.74) is 3.33. The number of aliphatic carboxylic acids is 1. The summed E-state index contributed by atoms with van der Waals surface area (Å²) in [6.45, 7) is 6.71. The van der Waals surface area contributed by atoms with Crippen molar-refractivity contribution in [3.8, 4) is 5.75 Å². The normalized spacial score (nSPS) is 12.1. The number of rotatable bonds is 6. The number of hydrogen-bond acceptors (Lipinski definition) is 3. The number of carbonyl (C=O) groups is 1. The molecular weight excluding hydrogens is 242 g/mol. The molecule has 19 heavy (non-hydrogen) atoms. The van der Waals surface area contributed by atoms with Crippen LogP contribution in [-0.4, -0.2) is 31.8 Å². The molecule has 0 saturated heterocycles. The van der Waals surface area contributed by atoms with Crippen LogP contribution in [0, 0.1) is 19.8 Å². The van der Waals surface area contributed by atoms with Gasteiger partial charge in [-0.1, -0.05) is 13.0 Å². The van der Waals surface area contributed by atoms with Gasteiger partial charge in [0.1, 0.15) is 5.75 Å². The molecule has 0 heterocycles. The van der Waals surface area contributed by atoms with Gasteiger partial charge in [0.25, 0.3) is 0 Å². The summed E-state index contributed by atoms with van der Waals surface area (Å²) in [6, 6.07) is 4.11. The summed E-state index contributed by atoms with van der Waals surface area (Å²) < 4.78 is 5.43. The summed E-state index contributed by atoms with van der Waals surface area (Å²) in [4.78, 5) is 12.8. The maximum Gasteiger partial charge on any atom is 0.303 e. The van der Waals surface area contributed by atoms with Crippen LogP contribution in [0.1, 0.15) is 24.5 Å². The molecule has 0 radical (unpaired) electrons.